The summed E-state index contributed by atoms with van der Waals surface area (Å²) in [6.45, 7) is 6.85. The molecule has 0 heterocycles. The third-order valence-electron chi connectivity index (χ3n) is 11.4. The van der Waals surface area contributed by atoms with Crippen LogP contribution in [0, 0.1) is 35.5 Å². The molecule has 0 aliphatic heterocycles. The van der Waals surface area contributed by atoms with E-state index >= 15 is 0 Å². The number of hydrogen-bond acceptors (Lipinski definition) is 1. The van der Waals surface area contributed by atoms with Crippen LogP contribution in [0.25, 0.3) is 0 Å². The van der Waals surface area contributed by atoms with E-state index in [0.29, 0.717) is 0 Å². The summed E-state index contributed by atoms with van der Waals surface area (Å²) in [5, 5.41) is 0. The van der Waals surface area contributed by atoms with E-state index in [-0.39, 0.29) is 0 Å². The molecule has 2 atom stereocenters. The molecule has 0 spiro atoms. The number of hydrogen-bond donors (Lipinski definition) is 0. The summed E-state index contributed by atoms with van der Waals surface area (Å²) >= 11 is 0. The molecule has 0 aromatic rings. The fourth-order valence-corrected chi connectivity index (χ4v) is 8.41. The Bertz CT molecular complexity index is 642. The van der Waals surface area contributed by atoms with Crippen molar-refractivity contribution in [2.45, 2.75) is 168 Å². The first-order chi connectivity index (χ1) is 19.1. The van der Waals surface area contributed by atoms with Gasteiger partial charge in [0, 0.05) is 13.2 Å². The molecule has 4 aliphatic rings. The molecule has 2 fully saturated rings. The number of rotatable bonds is 16. The predicted octanol–water partition coefficient (Wildman–Crippen LogP) is 12.0. The van der Waals surface area contributed by atoms with Crippen LogP contribution in [0.15, 0.2) is 23.3 Å². The molecule has 0 saturated heterocycles. The fraction of sp³-hybridized carbons (Fsp3) is 0.895. The third-order valence-corrected chi connectivity index (χ3v) is 11.4. The maximum Gasteiger partial charge on any atom is 0.0466 e. The highest BCUT2D eigenvalue weighted by atomic mass is 16.5. The van der Waals surface area contributed by atoms with Crippen LogP contribution in [0.1, 0.15) is 168 Å². The lowest BCUT2D eigenvalue weighted by molar-refractivity contribution is 0.126. The third kappa shape index (κ3) is 12.5. The Hall–Kier alpha value is -0.560. The van der Waals surface area contributed by atoms with Gasteiger partial charge in [-0.2, -0.15) is 0 Å². The molecular formula is C38H66O. The number of ether oxygens (including phenoxy) is 1. The minimum absolute atomic E-state index is 0.980. The number of unbranched alkanes of at least 4 members (excludes halogenated alkanes) is 4. The molecule has 1 heteroatoms. The standard InChI is InChI=1S/C38H66O/c1-31-11-15-35(16-12-31)29-37-23-19-33(20-24-37)9-5-3-7-27-39-28-8-4-6-10-34-21-25-38(26-22-34)30-36-17-13-32(2)14-18-36/h19,21,31-32,35-38H,3-18,20,22-30H2,1-2H3. The van der Waals surface area contributed by atoms with Crippen molar-refractivity contribution in [3.63, 3.8) is 0 Å². The van der Waals surface area contributed by atoms with Crippen LogP contribution in [-0.2, 0) is 4.74 Å². The average molecular weight is 539 g/mol. The zero-order valence-electron chi connectivity index (χ0n) is 26.4. The van der Waals surface area contributed by atoms with Crippen LogP contribution in [0.2, 0.25) is 0 Å². The molecular weight excluding hydrogens is 472 g/mol. The van der Waals surface area contributed by atoms with E-state index in [9.17, 15) is 0 Å². The molecule has 224 valence electrons. The zero-order chi connectivity index (χ0) is 27.1. The van der Waals surface area contributed by atoms with Gasteiger partial charge in [-0.05, 0) is 125 Å². The molecule has 0 aromatic heterocycles. The van der Waals surface area contributed by atoms with Gasteiger partial charge in [0.25, 0.3) is 0 Å². The highest BCUT2D eigenvalue weighted by Gasteiger charge is 2.24. The Morgan fingerprint density at radius 1 is 0.513 bits per heavy atom. The van der Waals surface area contributed by atoms with Crippen LogP contribution in [-0.4, -0.2) is 13.2 Å². The topological polar surface area (TPSA) is 9.23 Å². The Labute approximate surface area is 244 Å². The molecule has 2 unspecified atom stereocenters. The minimum Gasteiger partial charge on any atom is -0.381 e. The van der Waals surface area contributed by atoms with Crippen molar-refractivity contribution in [2.75, 3.05) is 13.2 Å². The maximum absolute atomic E-state index is 5.97. The van der Waals surface area contributed by atoms with E-state index in [1.807, 2.05) is 0 Å². The van der Waals surface area contributed by atoms with Crippen molar-refractivity contribution in [3.05, 3.63) is 23.3 Å². The molecule has 0 radical (unpaired) electrons. The summed E-state index contributed by atoms with van der Waals surface area (Å²) in [5.74, 6) is 6.06. The molecule has 2 saturated carbocycles. The van der Waals surface area contributed by atoms with Gasteiger partial charge in [0.15, 0.2) is 0 Å². The molecule has 0 aromatic carbocycles. The lowest BCUT2D eigenvalue weighted by Gasteiger charge is -2.30. The van der Waals surface area contributed by atoms with Crippen LogP contribution in [0.4, 0.5) is 0 Å². The molecule has 0 N–H and O–H groups in total. The smallest absolute Gasteiger partial charge is 0.0466 e. The monoisotopic (exact) mass is 539 g/mol. The average Bonchev–Trinajstić information content (AvgIpc) is 2.96. The van der Waals surface area contributed by atoms with Crippen molar-refractivity contribution in [2.24, 2.45) is 35.5 Å². The van der Waals surface area contributed by atoms with Gasteiger partial charge in [-0.1, -0.05) is 101 Å². The van der Waals surface area contributed by atoms with E-state index < -0.39 is 0 Å². The summed E-state index contributed by atoms with van der Waals surface area (Å²) in [5.41, 5.74) is 3.54. The van der Waals surface area contributed by atoms with E-state index in [1.165, 1.54) is 154 Å². The highest BCUT2D eigenvalue weighted by Crippen LogP contribution is 2.38. The lowest BCUT2D eigenvalue weighted by atomic mass is 9.75. The Kier molecular flexibility index (Phi) is 14.5. The molecule has 4 rings (SSSR count). The van der Waals surface area contributed by atoms with Crippen molar-refractivity contribution in [1.29, 1.82) is 0 Å². The van der Waals surface area contributed by atoms with Crippen LogP contribution in [0.3, 0.4) is 0 Å². The second kappa shape index (κ2) is 18.1. The van der Waals surface area contributed by atoms with E-state index in [2.05, 4.69) is 26.0 Å². The van der Waals surface area contributed by atoms with Gasteiger partial charge in [0.05, 0.1) is 0 Å². The normalized spacial score (nSPS) is 32.1. The maximum atomic E-state index is 5.97. The largest absolute Gasteiger partial charge is 0.381 e. The van der Waals surface area contributed by atoms with Gasteiger partial charge in [-0.3, -0.25) is 0 Å². The lowest BCUT2D eigenvalue weighted by Crippen LogP contribution is -2.17. The van der Waals surface area contributed by atoms with E-state index in [0.717, 1.165) is 48.7 Å². The molecule has 0 bridgehead atoms. The summed E-state index contributed by atoms with van der Waals surface area (Å²) < 4.78 is 5.97. The van der Waals surface area contributed by atoms with Crippen LogP contribution < -0.4 is 0 Å². The van der Waals surface area contributed by atoms with Crippen LogP contribution >= 0.6 is 0 Å². The first kappa shape index (κ1) is 31.4. The molecule has 0 amide bonds. The number of allylic oxidation sites excluding steroid dienone is 4. The van der Waals surface area contributed by atoms with E-state index in [1.54, 1.807) is 11.1 Å². The first-order valence-electron chi connectivity index (χ1n) is 18.1. The predicted molar refractivity (Wildman–Crippen MR) is 170 cm³/mol. The molecule has 1 nitrogen and oxygen atoms in total. The summed E-state index contributed by atoms with van der Waals surface area (Å²) in [6.07, 6.45) is 39.4. The molecule has 4 aliphatic carbocycles. The SMILES string of the molecule is CC1CCC(CC2CC=C(CCCCCOCCCCCC3=CCC(CC4CCC(C)CC4)CC3)CC2)CC1. The van der Waals surface area contributed by atoms with Crippen molar-refractivity contribution in [1.82, 2.24) is 0 Å². The second-order valence-corrected chi connectivity index (χ2v) is 15.0. The van der Waals surface area contributed by atoms with Gasteiger partial charge >= 0.3 is 0 Å². The van der Waals surface area contributed by atoms with Gasteiger partial charge in [0.2, 0.25) is 0 Å². The van der Waals surface area contributed by atoms with Crippen molar-refractivity contribution in [3.8, 4) is 0 Å². The van der Waals surface area contributed by atoms with Crippen LogP contribution in [0.5, 0.6) is 0 Å². The Morgan fingerprint density at radius 3 is 1.33 bits per heavy atom. The van der Waals surface area contributed by atoms with Crippen molar-refractivity contribution < 1.29 is 4.74 Å². The Balaban J connectivity index is 0.910. The minimum atomic E-state index is 0.980. The van der Waals surface area contributed by atoms with Gasteiger partial charge in [0.1, 0.15) is 0 Å². The first-order valence-corrected chi connectivity index (χ1v) is 18.1. The highest BCUT2D eigenvalue weighted by molar-refractivity contribution is 5.07. The second-order valence-electron chi connectivity index (χ2n) is 15.0. The molecule has 39 heavy (non-hydrogen) atoms. The van der Waals surface area contributed by atoms with Gasteiger partial charge < -0.3 is 4.74 Å². The zero-order valence-corrected chi connectivity index (χ0v) is 26.4. The van der Waals surface area contributed by atoms with Crippen molar-refractivity contribution >= 4 is 0 Å². The van der Waals surface area contributed by atoms with Gasteiger partial charge in [-0.25, -0.2) is 0 Å². The Morgan fingerprint density at radius 2 is 0.949 bits per heavy atom. The van der Waals surface area contributed by atoms with E-state index in [4.69, 9.17) is 4.74 Å². The fourth-order valence-electron chi connectivity index (χ4n) is 8.41. The summed E-state index contributed by atoms with van der Waals surface area (Å²) in [7, 11) is 0. The summed E-state index contributed by atoms with van der Waals surface area (Å²) in [4.78, 5) is 0. The summed E-state index contributed by atoms with van der Waals surface area (Å²) in [6, 6.07) is 0. The van der Waals surface area contributed by atoms with Gasteiger partial charge in [-0.15, -0.1) is 0 Å². The quantitative estimate of drug-likeness (QED) is 0.140.